The van der Waals surface area contributed by atoms with Crippen LogP contribution in [0.25, 0.3) is 21.8 Å². The monoisotopic (exact) mass is 380 g/mol. The number of nitrogens with zero attached hydrogens (tertiary/aromatic N) is 2. The van der Waals surface area contributed by atoms with Gasteiger partial charge in [-0.05, 0) is 56.6 Å². The number of aromatic nitrogens is 2. The molecule has 0 aliphatic carbocycles. The summed E-state index contributed by atoms with van der Waals surface area (Å²) in [5.74, 6) is -0.172. The van der Waals surface area contributed by atoms with Crippen molar-refractivity contribution in [2.24, 2.45) is 0 Å². The van der Waals surface area contributed by atoms with Crippen LogP contribution in [-0.4, -0.2) is 41.0 Å². The topological polar surface area (TPSA) is 53.1 Å². The Bertz CT molecular complexity index is 1130. The predicted octanol–water partition coefficient (Wildman–Crippen LogP) is 4.59. The smallest absolute Gasteiger partial charge is 0.272 e. The Kier molecular flexibility index (Phi) is 4.64. The average molecular weight is 381 g/mol. The number of carbonyl (C=O) groups is 1. The summed E-state index contributed by atoms with van der Waals surface area (Å²) in [4.78, 5) is 17.9. The van der Waals surface area contributed by atoms with E-state index in [9.17, 15) is 4.79 Å². The van der Waals surface area contributed by atoms with E-state index in [2.05, 4.69) is 46.1 Å². The van der Waals surface area contributed by atoms with Crippen LogP contribution in [0.5, 0.6) is 0 Å². The van der Waals surface area contributed by atoms with E-state index in [-0.39, 0.29) is 5.91 Å². The van der Waals surface area contributed by atoms with Crippen molar-refractivity contribution in [1.29, 1.82) is 0 Å². The van der Waals surface area contributed by atoms with Gasteiger partial charge in [-0.2, -0.15) is 0 Å². The Morgan fingerprint density at radius 1 is 1.11 bits per heavy atom. The standard InChI is InChI=1S/C21H21ClN4O/c1-25(2)9-10-26-8-7-15-11-17(5-6-20(15)26)23-21(27)19-12-14-3-4-16(22)13-18(14)24-19/h3-8,11-13,24H,9-10H2,1-2H3,(H,23,27). The molecule has 0 aliphatic rings. The first-order valence-electron chi connectivity index (χ1n) is 8.83. The van der Waals surface area contributed by atoms with Crippen LogP contribution in [0, 0.1) is 0 Å². The number of carbonyl (C=O) groups excluding carboxylic acids is 1. The van der Waals surface area contributed by atoms with Crippen molar-refractivity contribution in [2.75, 3.05) is 26.0 Å². The Morgan fingerprint density at radius 3 is 2.78 bits per heavy atom. The van der Waals surface area contributed by atoms with Crippen LogP contribution >= 0.6 is 11.6 Å². The lowest BCUT2D eigenvalue weighted by atomic mass is 10.2. The van der Waals surface area contributed by atoms with Crippen molar-refractivity contribution in [3.63, 3.8) is 0 Å². The molecule has 2 N–H and O–H groups in total. The number of nitrogens with one attached hydrogen (secondary N) is 2. The molecule has 0 saturated heterocycles. The second kappa shape index (κ2) is 7.10. The van der Waals surface area contributed by atoms with Gasteiger partial charge in [0.25, 0.3) is 5.91 Å². The summed E-state index contributed by atoms with van der Waals surface area (Å²) < 4.78 is 2.22. The number of amides is 1. The summed E-state index contributed by atoms with van der Waals surface area (Å²) in [5.41, 5.74) is 3.29. The molecule has 27 heavy (non-hydrogen) atoms. The van der Waals surface area contributed by atoms with Crippen LogP contribution in [0.1, 0.15) is 10.5 Å². The number of hydrogen-bond donors (Lipinski definition) is 2. The SMILES string of the molecule is CN(C)CCn1ccc2cc(NC(=O)c3cc4ccc(Cl)cc4[nH]3)ccc21. The molecule has 0 unspecified atom stereocenters. The highest BCUT2D eigenvalue weighted by molar-refractivity contribution is 6.31. The van der Waals surface area contributed by atoms with E-state index in [1.807, 2.05) is 42.5 Å². The van der Waals surface area contributed by atoms with Crippen LogP contribution in [0.3, 0.4) is 0 Å². The number of rotatable bonds is 5. The molecule has 0 bridgehead atoms. The van der Waals surface area contributed by atoms with E-state index in [1.165, 1.54) is 0 Å². The van der Waals surface area contributed by atoms with Gasteiger partial charge < -0.3 is 19.8 Å². The minimum atomic E-state index is -0.172. The third-order valence-corrected chi connectivity index (χ3v) is 4.88. The molecule has 138 valence electrons. The highest BCUT2D eigenvalue weighted by Gasteiger charge is 2.11. The highest BCUT2D eigenvalue weighted by Crippen LogP contribution is 2.23. The molecular weight excluding hydrogens is 360 g/mol. The fourth-order valence-corrected chi connectivity index (χ4v) is 3.37. The number of H-pyrrole nitrogens is 1. The number of likely N-dealkylation sites (N-methyl/N-ethyl adjacent to an activating group) is 1. The van der Waals surface area contributed by atoms with Crippen LogP contribution in [-0.2, 0) is 6.54 Å². The van der Waals surface area contributed by atoms with Crippen molar-refractivity contribution < 1.29 is 4.79 Å². The van der Waals surface area contributed by atoms with Gasteiger partial charge in [-0.1, -0.05) is 17.7 Å². The molecule has 0 saturated carbocycles. The second-order valence-electron chi connectivity index (χ2n) is 6.95. The third-order valence-electron chi connectivity index (χ3n) is 4.65. The van der Waals surface area contributed by atoms with Crippen LogP contribution < -0.4 is 5.32 Å². The average Bonchev–Trinajstić information content (AvgIpc) is 3.23. The summed E-state index contributed by atoms with van der Waals surface area (Å²) in [6, 6.07) is 15.4. The van der Waals surface area contributed by atoms with Crippen molar-refractivity contribution >= 4 is 45.0 Å². The summed E-state index contributed by atoms with van der Waals surface area (Å²) in [5, 5.41) is 5.67. The summed E-state index contributed by atoms with van der Waals surface area (Å²) in [6.45, 7) is 1.91. The Morgan fingerprint density at radius 2 is 1.96 bits per heavy atom. The Balaban J connectivity index is 1.54. The predicted molar refractivity (Wildman–Crippen MR) is 112 cm³/mol. The first-order valence-corrected chi connectivity index (χ1v) is 9.21. The molecule has 0 fully saturated rings. The lowest BCUT2D eigenvalue weighted by molar-refractivity contribution is 0.102. The van der Waals surface area contributed by atoms with E-state index in [0.717, 1.165) is 40.6 Å². The quantitative estimate of drug-likeness (QED) is 0.532. The van der Waals surface area contributed by atoms with E-state index in [1.54, 1.807) is 0 Å². The normalized spacial score (nSPS) is 11.6. The molecule has 2 heterocycles. The summed E-state index contributed by atoms with van der Waals surface area (Å²) in [7, 11) is 4.13. The van der Waals surface area contributed by atoms with Crippen LogP contribution in [0.15, 0.2) is 54.7 Å². The van der Waals surface area contributed by atoms with Crippen LogP contribution in [0.4, 0.5) is 5.69 Å². The van der Waals surface area contributed by atoms with Crippen molar-refractivity contribution in [3.8, 4) is 0 Å². The summed E-state index contributed by atoms with van der Waals surface area (Å²) >= 11 is 6.01. The molecular formula is C21H21ClN4O. The molecule has 6 heteroatoms. The Hall–Kier alpha value is -2.76. The van der Waals surface area contributed by atoms with Gasteiger partial charge in [0, 0.05) is 51.8 Å². The minimum absolute atomic E-state index is 0.172. The van der Waals surface area contributed by atoms with E-state index in [0.29, 0.717) is 10.7 Å². The number of benzene rings is 2. The maximum atomic E-state index is 12.6. The first-order chi connectivity index (χ1) is 13.0. The van der Waals surface area contributed by atoms with E-state index < -0.39 is 0 Å². The first kappa shape index (κ1) is 17.6. The molecule has 4 aromatic rings. The number of hydrogen-bond acceptors (Lipinski definition) is 2. The van der Waals surface area contributed by atoms with Gasteiger partial charge in [-0.15, -0.1) is 0 Å². The number of aromatic amines is 1. The Labute approximate surface area is 162 Å². The largest absolute Gasteiger partial charge is 0.350 e. The minimum Gasteiger partial charge on any atom is -0.350 e. The van der Waals surface area contributed by atoms with Crippen molar-refractivity contribution in [2.45, 2.75) is 6.54 Å². The molecule has 0 aliphatic heterocycles. The van der Waals surface area contributed by atoms with Crippen molar-refractivity contribution in [3.05, 3.63) is 65.4 Å². The van der Waals surface area contributed by atoms with Gasteiger partial charge in [0.2, 0.25) is 0 Å². The number of anilines is 1. The number of fused-ring (bicyclic) bond motifs is 2. The van der Waals surface area contributed by atoms with E-state index >= 15 is 0 Å². The maximum Gasteiger partial charge on any atom is 0.272 e. The molecule has 4 rings (SSSR count). The van der Waals surface area contributed by atoms with Gasteiger partial charge in [0.15, 0.2) is 0 Å². The van der Waals surface area contributed by atoms with E-state index in [4.69, 9.17) is 11.6 Å². The zero-order valence-corrected chi connectivity index (χ0v) is 16.0. The molecule has 0 radical (unpaired) electrons. The van der Waals surface area contributed by atoms with Crippen molar-refractivity contribution in [1.82, 2.24) is 14.5 Å². The van der Waals surface area contributed by atoms with Gasteiger partial charge in [-0.3, -0.25) is 4.79 Å². The third kappa shape index (κ3) is 3.70. The van der Waals surface area contributed by atoms with Gasteiger partial charge >= 0.3 is 0 Å². The van der Waals surface area contributed by atoms with Gasteiger partial charge in [0.05, 0.1) is 0 Å². The molecule has 0 atom stereocenters. The molecule has 2 aromatic carbocycles. The molecule has 0 spiro atoms. The number of halogens is 1. The molecule has 5 nitrogen and oxygen atoms in total. The lowest BCUT2D eigenvalue weighted by Gasteiger charge is -2.11. The maximum absolute atomic E-state index is 12.6. The molecule has 1 amide bonds. The van der Waals surface area contributed by atoms with Crippen LogP contribution in [0.2, 0.25) is 5.02 Å². The highest BCUT2D eigenvalue weighted by atomic mass is 35.5. The lowest BCUT2D eigenvalue weighted by Crippen LogP contribution is -2.17. The zero-order valence-electron chi connectivity index (χ0n) is 15.3. The van der Waals surface area contributed by atoms with Gasteiger partial charge in [-0.25, -0.2) is 0 Å². The zero-order chi connectivity index (χ0) is 19.0. The fraction of sp³-hybridized carbons (Fsp3) is 0.190. The second-order valence-corrected chi connectivity index (χ2v) is 7.39. The summed E-state index contributed by atoms with van der Waals surface area (Å²) in [6.07, 6.45) is 2.08. The van der Waals surface area contributed by atoms with Gasteiger partial charge in [0.1, 0.15) is 5.69 Å². The fourth-order valence-electron chi connectivity index (χ4n) is 3.20. The molecule has 2 aromatic heterocycles.